The predicted molar refractivity (Wildman–Crippen MR) is 95.1 cm³/mol. The Hall–Kier alpha value is -2.30. The van der Waals surface area contributed by atoms with E-state index >= 15 is 0 Å². The Balaban J connectivity index is 0.000000924. The maximum atomic E-state index is 5.16. The Morgan fingerprint density at radius 1 is 1.09 bits per heavy atom. The summed E-state index contributed by atoms with van der Waals surface area (Å²) in [5, 5.41) is 3.34. The topological polar surface area (TPSA) is 50.3 Å². The first-order valence-corrected chi connectivity index (χ1v) is 8.30. The number of hydrogen-bond acceptors (Lipinski definition) is 5. The lowest BCUT2D eigenvalue weighted by atomic mass is 10.2. The number of hydrogen-bond donors (Lipinski definition) is 1. The Morgan fingerprint density at radius 3 is 2.43 bits per heavy atom. The van der Waals surface area contributed by atoms with Crippen LogP contribution in [0.25, 0.3) is 0 Å². The summed E-state index contributed by atoms with van der Waals surface area (Å²) in [7, 11) is 1.67. The number of benzene rings is 1. The smallest absolute Gasteiger partial charge is 0.227 e. The molecule has 1 aliphatic heterocycles. The van der Waals surface area contributed by atoms with Crippen LogP contribution in [-0.2, 0) is 6.54 Å². The molecule has 2 aromatic rings. The van der Waals surface area contributed by atoms with Gasteiger partial charge in [0.1, 0.15) is 11.6 Å². The van der Waals surface area contributed by atoms with Gasteiger partial charge in [0.25, 0.3) is 0 Å². The monoisotopic (exact) mass is 314 g/mol. The second kappa shape index (κ2) is 8.98. The third-order valence-corrected chi connectivity index (χ3v) is 3.66. The van der Waals surface area contributed by atoms with Gasteiger partial charge in [0.05, 0.1) is 7.11 Å². The standard InChI is InChI=1S/C16H20N4O.C2H6/c1-21-14-6-4-13(5-7-14)12-18-15-8-9-17-16(19-15)20-10-2-3-11-20;1-2/h4-9H,2-3,10-12H2,1H3,(H,17,18,19);1-2H3. The van der Waals surface area contributed by atoms with E-state index in [1.54, 1.807) is 7.11 Å². The van der Waals surface area contributed by atoms with Gasteiger partial charge in [-0.15, -0.1) is 0 Å². The fraction of sp³-hybridized carbons (Fsp3) is 0.444. The van der Waals surface area contributed by atoms with E-state index in [4.69, 9.17) is 4.74 Å². The average molecular weight is 314 g/mol. The normalized spacial score (nSPS) is 13.3. The molecule has 2 heterocycles. The number of nitrogens with one attached hydrogen (secondary N) is 1. The number of nitrogens with zero attached hydrogens (tertiary/aromatic N) is 3. The Morgan fingerprint density at radius 2 is 1.78 bits per heavy atom. The fourth-order valence-electron chi connectivity index (χ4n) is 2.45. The van der Waals surface area contributed by atoms with E-state index in [1.165, 1.54) is 18.4 Å². The maximum absolute atomic E-state index is 5.16. The molecular weight excluding hydrogens is 288 g/mol. The van der Waals surface area contributed by atoms with E-state index in [9.17, 15) is 0 Å². The second-order valence-electron chi connectivity index (χ2n) is 5.14. The van der Waals surface area contributed by atoms with Gasteiger partial charge in [-0.25, -0.2) is 4.98 Å². The first kappa shape index (κ1) is 17.1. The highest BCUT2D eigenvalue weighted by atomic mass is 16.5. The molecule has 0 spiro atoms. The second-order valence-corrected chi connectivity index (χ2v) is 5.14. The molecule has 1 N–H and O–H groups in total. The van der Waals surface area contributed by atoms with Crippen LogP contribution in [0.2, 0.25) is 0 Å². The summed E-state index contributed by atoms with van der Waals surface area (Å²) in [5.74, 6) is 2.56. The molecule has 1 aliphatic rings. The maximum Gasteiger partial charge on any atom is 0.227 e. The van der Waals surface area contributed by atoms with Crippen molar-refractivity contribution in [2.45, 2.75) is 33.2 Å². The van der Waals surface area contributed by atoms with Crippen LogP contribution in [0.3, 0.4) is 0 Å². The van der Waals surface area contributed by atoms with Gasteiger partial charge in [-0.1, -0.05) is 26.0 Å². The van der Waals surface area contributed by atoms with Crippen molar-refractivity contribution in [1.82, 2.24) is 9.97 Å². The molecule has 5 nitrogen and oxygen atoms in total. The average Bonchev–Trinajstić information content (AvgIpc) is 3.17. The van der Waals surface area contributed by atoms with E-state index < -0.39 is 0 Å². The van der Waals surface area contributed by atoms with Gasteiger partial charge in [0.2, 0.25) is 5.95 Å². The van der Waals surface area contributed by atoms with Crippen molar-refractivity contribution in [3.63, 3.8) is 0 Å². The Bertz CT molecular complexity index is 580. The van der Waals surface area contributed by atoms with Crippen LogP contribution in [0.15, 0.2) is 36.5 Å². The molecule has 0 saturated carbocycles. The zero-order chi connectivity index (χ0) is 16.5. The molecule has 0 aliphatic carbocycles. The van der Waals surface area contributed by atoms with Crippen molar-refractivity contribution < 1.29 is 4.74 Å². The van der Waals surface area contributed by atoms with Crippen LogP contribution in [0.4, 0.5) is 11.8 Å². The molecule has 0 amide bonds. The summed E-state index contributed by atoms with van der Waals surface area (Å²) >= 11 is 0. The zero-order valence-corrected chi connectivity index (χ0v) is 14.2. The van der Waals surface area contributed by atoms with Gasteiger partial charge in [-0.3, -0.25) is 0 Å². The largest absolute Gasteiger partial charge is 0.497 e. The van der Waals surface area contributed by atoms with Gasteiger partial charge in [-0.05, 0) is 36.6 Å². The minimum Gasteiger partial charge on any atom is -0.497 e. The summed E-state index contributed by atoms with van der Waals surface area (Å²) in [5.41, 5.74) is 1.19. The van der Waals surface area contributed by atoms with Crippen molar-refractivity contribution in [3.05, 3.63) is 42.1 Å². The highest BCUT2D eigenvalue weighted by Crippen LogP contribution is 2.17. The fourth-order valence-corrected chi connectivity index (χ4v) is 2.45. The van der Waals surface area contributed by atoms with Crippen molar-refractivity contribution in [2.75, 3.05) is 30.4 Å². The number of ether oxygens (including phenoxy) is 1. The molecule has 0 atom stereocenters. The summed E-state index contributed by atoms with van der Waals surface area (Å²) in [6.45, 7) is 6.85. The van der Waals surface area contributed by atoms with E-state index in [-0.39, 0.29) is 0 Å². The molecule has 1 aromatic heterocycles. The Labute approximate surface area is 138 Å². The van der Waals surface area contributed by atoms with Crippen LogP contribution in [0.1, 0.15) is 32.3 Å². The van der Waals surface area contributed by atoms with Crippen LogP contribution in [-0.4, -0.2) is 30.2 Å². The lowest BCUT2D eigenvalue weighted by molar-refractivity contribution is 0.414. The minimum absolute atomic E-state index is 0.737. The molecule has 0 radical (unpaired) electrons. The van der Waals surface area contributed by atoms with Gasteiger partial charge in [-0.2, -0.15) is 4.98 Å². The third kappa shape index (κ3) is 4.84. The number of methoxy groups -OCH3 is 1. The predicted octanol–water partition coefficient (Wildman–Crippen LogP) is 3.72. The summed E-state index contributed by atoms with van der Waals surface area (Å²) in [6, 6.07) is 9.94. The lowest BCUT2D eigenvalue weighted by Gasteiger charge is -2.15. The molecular formula is C18H26N4O. The van der Waals surface area contributed by atoms with Crippen molar-refractivity contribution >= 4 is 11.8 Å². The number of anilines is 2. The minimum atomic E-state index is 0.737. The van der Waals surface area contributed by atoms with Crippen LogP contribution >= 0.6 is 0 Å². The first-order chi connectivity index (χ1) is 11.3. The van der Waals surface area contributed by atoms with E-state index in [2.05, 4.69) is 32.3 Å². The summed E-state index contributed by atoms with van der Waals surface area (Å²) in [6.07, 6.45) is 4.27. The number of rotatable bonds is 5. The molecule has 124 valence electrons. The van der Waals surface area contributed by atoms with Crippen molar-refractivity contribution in [3.8, 4) is 5.75 Å². The quantitative estimate of drug-likeness (QED) is 0.911. The van der Waals surface area contributed by atoms with Crippen LogP contribution < -0.4 is 15.0 Å². The molecule has 1 fully saturated rings. The molecule has 1 saturated heterocycles. The van der Waals surface area contributed by atoms with E-state index in [0.29, 0.717) is 0 Å². The van der Waals surface area contributed by atoms with Gasteiger partial charge >= 0.3 is 0 Å². The highest BCUT2D eigenvalue weighted by Gasteiger charge is 2.14. The van der Waals surface area contributed by atoms with Gasteiger partial charge in [0, 0.05) is 25.8 Å². The SMILES string of the molecule is CC.COc1ccc(CNc2ccnc(N3CCCC3)n2)cc1. The zero-order valence-electron chi connectivity index (χ0n) is 14.2. The molecule has 0 unspecified atom stereocenters. The number of aromatic nitrogens is 2. The van der Waals surface area contributed by atoms with Crippen molar-refractivity contribution in [1.29, 1.82) is 0 Å². The third-order valence-electron chi connectivity index (χ3n) is 3.66. The van der Waals surface area contributed by atoms with E-state index in [1.807, 2.05) is 38.2 Å². The van der Waals surface area contributed by atoms with Gasteiger partial charge in [0.15, 0.2) is 0 Å². The van der Waals surface area contributed by atoms with Crippen LogP contribution in [0.5, 0.6) is 5.75 Å². The van der Waals surface area contributed by atoms with Crippen molar-refractivity contribution in [2.24, 2.45) is 0 Å². The van der Waals surface area contributed by atoms with Crippen LogP contribution in [0, 0.1) is 0 Å². The first-order valence-electron chi connectivity index (χ1n) is 8.30. The molecule has 0 bridgehead atoms. The highest BCUT2D eigenvalue weighted by molar-refractivity contribution is 5.42. The Kier molecular flexibility index (Phi) is 6.66. The van der Waals surface area contributed by atoms with E-state index in [0.717, 1.165) is 37.1 Å². The summed E-state index contributed by atoms with van der Waals surface area (Å²) < 4.78 is 5.16. The lowest BCUT2D eigenvalue weighted by Crippen LogP contribution is -2.20. The molecule has 3 rings (SSSR count). The molecule has 5 heteroatoms. The molecule has 1 aromatic carbocycles. The van der Waals surface area contributed by atoms with Gasteiger partial charge < -0.3 is 15.0 Å². The summed E-state index contributed by atoms with van der Waals surface area (Å²) in [4.78, 5) is 11.2. The molecule has 23 heavy (non-hydrogen) atoms.